The van der Waals surface area contributed by atoms with Crippen molar-refractivity contribution in [2.75, 3.05) is 10.6 Å². The Labute approximate surface area is 155 Å². The third-order valence-corrected chi connectivity index (χ3v) is 4.38. The molecule has 1 amide bonds. The van der Waals surface area contributed by atoms with Crippen LogP contribution in [0.15, 0.2) is 71.5 Å². The first-order valence-electron chi connectivity index (χ1n) is 7.92. The highest BCUT2D eigenvalue weighted by molar-refractivity contribution is 9.10. The number of halogens is 1. The quantitative estimate of drug-likeness (QED) is 0.637. The van der Waals surface area contributed by atoms with E-state index >= 15 is 0 Å². The van der Waals surface area contributed by atoms with E-state index < -0.39 is 0 Å². The zero-order valence-corrected chi connectivity index (χ0v) is 15.4. The highest BCUT2D eigenvalue weighted by atomic mass is 79.9. The molecule has 0 spiro atoms. The average molecular weight is 396 g/mol. The number of aryl methyl sites for hydroxylation is 1. The predicted octanol–water partition coefficient (Wildman–Crippen LogP) is 5.02. The summed E-state index contributed by atoms with van der Waals surface area (Å²) in [5.41, 5.74) is 4.51. The largest absolute Gasteiger partial charge is 0.380 e. The molecule has 0 unspecified atom stereocenters. The molecule has 0 fully saturated rings. The van der Waals surface area contributed by atoms with Gasteiger partial charge in [-0.15, -0.1) is 0 Å². The standard InChI is InChI=1S/C20H18BrN3O/c1-14-4-2-3-5-15(14)12-23-19-10-16(11-22-13-19)20(25)24-18-8-6-17(21)7-9-18/h2-11,13,23H,12H2,1H3,(H,24,25). The third-order valence-electron chi connectivity index (χ3n) is 3.85. The van der Waals surface area contributed by atoms with Gasteiger partial charge in [0.1, 0.15) is 0 Å². The monoisotopic (exact) mass is 395 g/mol. The van der Waals surface area contributed by atoms with Gasteiger partial charge < -0.3 is 10.6 Å². The topological polar surface area (TPSA) is 54.0 Å². The van der Waals surface area contributed by atoms with Gasteiger partial charge in [0.2, 0.25) is 0 Å². The number of anilines is 2. The molecule has 4 nitrogen and oxygen atoms in total. The molecule has 1 aromatic heterocycles. The Morgan fingerprint density at radius 2 is 1.80 bits per heavy atom. The second kappa shape index (κ2) is 7.94. The zero-order valence-electron chi connectivity index (χ0n) is 13.8. The van der Waals surface area contributed by atoms with E-state index in [4.69, 9.17) is 0 Å². The summed E-state index contributed by atoms with van der Waals surface area (Å²) < 4.78 is 0.967. The summed E-state index contributed by atoms with van der Waals surface area (Å²) in [6.45, 7) is 2.77. The molecule has 25 heavy (non-hydrogen) atoms. The van der Waals surface area contributed by atoms with Crippen molar-refractivity contribution in [3.05, 3.63) is 88.2 Å². The molecular formula is C20H18BrN3O. The van der Waals surface area contributed by atoms with Gasteiger partial charge >= 0.3 is 0 Å². The molecule has 0 aliphatic heterocycles. The first kappa shape index (κ1) is 17.2. The van der Waals surface area contributed by atoms with Crippen molar-refractivity contribution in [3.63, 3.8) is 0 Å². The average Bonchev–Trinajstić information content (AvgIpc) is 2.63. The first-order valence-corrected chi connectivity index (χ1v) is 8.71. The van der Waals surface area contributed by atoms with E-state index in [9.17, 15) is 4.79 Å². The van der Waals surface area contributed by atoms with Crippen molar-refractivity contribution in [2.45, 2.75) is 13.5 Å². The van der Waals surface area contributed by atoms with Crippen LogP contribution in [-0.2, 0) is 6.54 Å². The number of hydrogen-bond acceptors (Lipinski definition) is 3. The summed E-state index contributed by atoms with van der Waals surface area (Å²) in [7, 11) is 0. The molecule has 0 atom stereocenters. The summed E-state index contributed by atoms with van der Waals surface area (Å²) in [6, 6.07) is 17.5. The van der Waals surface area contributed by atoms with E-state index in [2.05, 4.69) is 50.6 Å². The molecule has 2 N–H and O–H groups in total. The van der Waals surface area contributed by atoms with Gasteiger partial charge in [-0.2, -0.15) is 0 Å². The van der Waals surface area contributed by atoms with Crippen molar-refractivity contribution in [1.82, 2.24) is 4.98 Å². The van der Waals surface area contributed by atoms with E-state index in [0.29, 0.717) is 12.1 Å². The summed E-state index contributed by atoms with van der Waals surface area (Å²) in [4.78, 5) is 16.6. The van der Waals surface area contributed by atoms with Crippen molar-refractivity contribution < 1.29 is 4.79 Å². The maximum Gasteiger partial charge on any atom is 0.257 e. The normalized spacial score (nSPS) is 10.3. The van der Waals surface area contributed by atoms with Crippen molar-refractivity contribution in [1.29, 1.82) is 0 Å². The molecule has 2 aromatic carbocycles. The molecule has 0 saturated heterocycles. The number of aromatic nitrogens is 1. The molecule has 0 bridgehead atoms. The van der Waals surface area contributed by atoms with E-state index in [1.165, 1.54) is 11.1 Å². The predicted molar refractivity (Wildman–Crippen MR) is 105 cm³/mol. The Balaban J connectivity index is 1.67. The van der Waals surface area contributed by atoms with Crippen LogP contribution in [0.3, 0.4) is 0 Å². The minimum Gasteiger partial charge on any atom is -0.380 e. The summed E-state index contributed by atoms with van der Waals surface area (Å²) in [5, 5.41) is 6.19. The molecule has 3 aromatic rings. The lowest BCUT2D eigenvalue weighted by molar-refractivity contribution is 0.102. The van der Waals surface area contributed by atoms with Crippen LogP contribution in [0.1, 0.15) is 21.5 Å². The number of nitrogens with zero attached hydrogens (tertiary/aromatic N) is 1. The Kier molecular flexibility index (Phi) is 5.46. The molecular weight excluding hydrogens is 378 g/mol. The van der Waals surface area contributed by atoms with Crippen molar-refractivity contribution >= 4 is 33.2 Å². The lowest BCUT2D eigenvalue weighted by Crippen LogP contribution is -2.12. The molecule has 0 aliphatic carbocycles. The van der Waals surface area contributed by atoms with Crippen molar-refractivity contribution in [2.24, 2.45) is 0 Å². The number of hydrogen-bond donors (Lipinski definition) is 2. The third kappa shape index (κ3) is 4.67. The van der Waals surface area contributed by atoms with E-state index in [0.717, 1.165) is 15.8 Å². The Bertz CT molecular complexity index is 878. The molecule has 3 rings (SSSR count). The number of nitrogens with one attached hydrogen (secondary N) is 2. The van der Waals surface area contributed by atoms with Crippen LogP contribution >= 0.6 is 15.9 Å². The molecule has 1 heterocycles. The van der Waals surface area contributed by atoms with Gasteiger partial charge in [0.05, 0.1) is 11.3 Å². The first-order chi connectivity index (χ1) is 12.1. The maximum atomic E-state index is 12.4. The van der Waals surface area contributed by atoms with Gasteiger partial charge in [-0.25, -0.2) is 0 Å². The van der Waals surface area contributed by atoms with Crippen LogP contribution in [0, 0.1) is 6.92 Å². The summed E-state index contributed by atoms with van der Waals surface area (Å²) >= 11 is 3.38. The van der Waals surface area contributed by atoms with Gasteiger partial charge in [0.15, 0.2) is 0 Å². The number of pyridine rings is 1. The number of carbonyl (C=O) groups excluding carboxylic acids is 1. The Hall–Kier alpha value is -2.66. The van der Waals surface area contributed by atoms with Crippen LogP contribution in [0.2, 0.25) is 0 Å². The molecule has 0 radical (unpaired) electrons. The van der Waals surface area contributed by atoms with Gasteiger partial charge in [0, 0.05) is 29.1 Å². The van der Waals surface area contributed by atoms with Gasteiger partial charge in [-0.05, 0) is 48.4 Å². The van der Waals surface area contributed by atoms with Crippen LogP contribution in [0.4, 0.5) is 11.4 Å². The molecule has 5 heteroatoms. The second-order valence-corrected chi connectivity index (χ2v) is 6.62. The smallest absolute Gasteiger partial charge is 0.257 e. The fourth-order valence-corrected chi connectivity index (χ4v) is 2.67. The number of rotatable bonds is 5. The van der Waals surface area contributed by atoms with Crippen LogP contribution in [0.5, 0.6) is 0 Å². The molecule has 0 saturated carbocycles. The second-order valence-electron chi connectivity index (χ2n) is 5.70. The highest BCUT2D eigenvalue weighted by Gasteiger charge is 2.08. The summed E-state index contributed by atoms with van der Waals surface area (Å²) in [5.74, 6) is -0.186. The lowest BCUT2D eigenvalue weighted by Gasteiger charge is -2.10. The van der Waals surface area contributed by atoms with E-state index in [1.54, 1.807) is 18.5 Å². The Morgan fingerprint density at radius 1 is 1.04 bits per heavy atom. The van der Waals surface area contributed by atoms with Gasteiger partial charge in [-0.3, -0.25) is 9.78 Å². The molecule has 0 aliphatic rings. The summed E-state index contributed by atoms with van der Waals surface area (Å²) in [6.07, 6.45) is 3.28. The van der Waals surface area contributed by atoms with Gasteiger partial charge in [-0.1, -0.05) is 40.2 Å². The maximum absolute atomic E-state index is 12.4. The Morgan fingerprint density at radius 3 is 2.56 bits per heavy atom. The van der Waals surface area contributed by atoms with Crippen molar-refractivity contribution in [3.8, 4) is 0 Å². The highest BCUT2D eigenvalue weighted by Crippen LogP contribution is 2.17. The molecule has 126 valence electrons. The fourth-order valence-electron chi connectivity index (χ4n) is 2.40. The van der Waals surface area contributed by atoms with Crippen LogP contribution in [-0.4, -0.2) is 10.9 Å². The minimum absolute atomic E-state index is 0.186. The van der Waals surface area contributed by atoms with E-state index in [1.807, 2.05) is 36.4 Å². The van der Waals surface area contributed by atoms with E-state index in [-0.39, 0.29) is 5.91 Å². The lowest BCUT2D eigenvalue weighted by atomic mass is 10.1. The van der Waals surface area contributed by atoms with Crippen LogP contribution in [0.25, 0.3) is 0 Å². The zero-order chi connectivity index (χ0) is 17.6. The minimum atomic E-state index is -0.186. The number of amides is 1. The van der Waals surface area contributed by atoms with Crippen LogP contribution < -0.4 is 10.6 Å². The SMILES string of the molecule is Cc1ccccc1CNc1cncc(C(=O)Nc2ccc(Br)cc2)c1. The fraction of sp³-hybridized carbons (Fsp3) is 0.100. The number of carbonyl (C=O) groups is 1. The van der Waals surface area contributed by atoms with Gasteiger partial charge in [0.25, 0.3) is 5.91 Å². The number of benzene rings is 2.